The quantitative estimate of drug-likeness (QED) is 0.230. The Bertz CT molecular complexity index is 1630. The third-order valence-electron chi connectivity index (χ3n) is 9.81. The van der Waals surface area contributed by atoms with Crippen molar-refractivity contribution in [3.05, 3.63) is 79.8 Å². The van der Waals surface area contributed by atoms with Crippen molar-refractivity contribution in [1.29, 1.82) is 0 Å². The zero-order chi connectivity index (χ0) is 29.8. The molecule has 3 aromatic rings. The number of carbonyl (C=O) groups is 3. The number of aryl methyl sites for hydroxylation is 1. The molecule has 2 aliphatic carbocycles. The molecular weight excluding hydrogens is 585 g/mol. The minimum Gasteiger partial charge on any atom is -0.489 e. The molecule has 2 aromatic carbocycles. The Balaban J connectivity index is 1.12. The van der Waals surface area contributed by atoms with Gasteiger partial charge in [-0.15, -0.1) is 11.8 Å². The lowest BCUT2D eigenvalue weighted by atomic mass is 9.68. The number of carboxylic acid groups (broad SMARTS) is 1. The van der Waals surface area contributed by atoms with Crippen molar-refractivity contribution in [2.75, 3.05) is 6.54 Å². The van der Waals surface area contributed by atoms with Crippen LogP contribution in [0.1, 0.15) is 59.6 Å². The summed E-state index contributed by atoms with van der Waals surface area (Å²) in [5.41, 5.74) is 3.40. The predicted molar refractivity (Wildman–Crippen MR) is 163 cm³/mol. The fraction of sp³-hybridized carbons (Fsp3) is 0.455. The lowest BCUT2D eigenvalue weighted by molar-refractivity contribution is -0.141. The molecule has 3 heterocycles. The molecule has 7 rings (SSSR count). The summed E-state index contributed by atoms with van der Waals surface area (Å²) in [5.74, 6) is -0.479. The number of fused-ring (bicyclic) bond motifs is 9. The number of nitrogens with one attached hydrogen (secondary N) is 1. The zero-order valence-corrected chi connectivity index (χ0v) is 25.5. The summed E-state index contributed by atoms with van der Waals surface area (Å²) in [6.07, 6.45) is 2.80. The molecule has 4 aliphatic rings. The second-order valence-corrected chi connectivity index (χ2v) is 14.5. The number of hydrogen-bond acceptors (Lipinski definition) is 7. The number of nitrogens with zero attached hydrogens (tertiary/aromatic N) is 1. The summed E-state index contributed by atoms with van der Waals surface area (Å²) < 4.78 is 6.08. The Morgan fingerprint density at radius 1 is 1.02 bits per heavy atom. The number of carboxylic acids is 1. The van der Waals surface area contributed by atoms with Crippen LogP contribution in [0.25, 0.3) is 0 Å². The molecular formula is C33H34N2O6S2. The number of H-pyrrole nitrogens is 1. The topological polar surface area (TPSA) is 117 Å². The van der Waals surface area contributed by atoms with Gasteiger partial charge in [-0.3, -0.25) is 24.1 Å². The number of aliphatic carboxylic acids is 1. The predicted octanol–water partition coefficient (Wildman–Crippen LogP) is 5.44. The van der Waals surface area contributed by atoms with E-state index in [1.807, 2.05) is 18.2 Å². The van der Waals surface area contributed by atoms with Gasteiger partial charge in [0, 0.05) is 29.0 Å². The molecule has 2 bridgehead atoms. The number of aromatic amines is 1. The number of benzene rings is 2. The van der Waals surface area contributed by atoms with Crippen molar-refractivity contribution in [1.82, 2.24) is 9.88 Å². The monoisotopic (exact) mass is 618 g/mol. The van der Waals surface area contributed by atoms with Gasteiger partial charge in [-0.25, -0.2) is 0 Å². The Hall–Kier alpha value is -3.37. The van der Waals surface area contributed by atoms with E-state index in [0.717, 1.165) is 33.2 Å². The van der Waals surface area contributed by atoms with Crippen LogP contribution in [0.3, 0.4) is 0 Å². The molecule has 2 N–H and O–H groups in total. The number of amides is 2. The summed E-state index contributed by atoms with van der Waals surface area (Å²) in [5, 5.41) is 9.95. The van der Waals surface area contributed by atoms with E-state index in [4.69, 9.17) is 9.84 Å². The number of hydrogen-bond donors (Lipinski definition) is 2. The fourth-order valence-corrected chi connectivity index (χ4v) is 11.0. The molecule has 224 valence electrons. The summed E-state index contributed by atoms with van der Waals surface area (Å²) in [6, 6.07) is 16.4. The molecule has 8 nitrogen and oxygen atoms in total. The number of rotatable bonds is 10. The van der Waals surface area contributed by atoms with Crippen molar-refractivity contribution in [3.63, 3.8) is 0 Å². The van der Waals surface area contributed by atoms with Gasteiger partial charge in [-0.2, -0.15) is 0 Å². The number of carbonyl (C=O) groups excluding carboxylic acids is 2. The van der Waals surface area contributed by atoms with E-state index in [1.165, 1.54) is 21.8 Å². The van der Waals surface area contributed by atoms with Gasteiger partial charge < -0.3 is 14.8 Å². The zero-order valence-electron chi connectivity index (χ0n) is 23.9. The SMILES string of the molecule is Cc1cccc(COc2ccc([C@H]3c4sc(=O)[nH]c4SC4C5CC(C6C(=O)N(CCCCCC(=O)O)C(=O)C56)C43)cc2)c1. The first kappa shape index (κ1) is 28.4. The normalized spacial score (nSPS) is 28.6. The maximum Gasteiger partial charge on any atom is 0.305 e. The van der Waals surface area contributed by atoms with Gasteiger partial charge in [0.15, 0.2) is 0 Å². The van der Waals surface area contributed by atoms with Crippen LogP contribution in [0.15, 0.2) is 58.4 Å². The molecule has 1 aromatic heterocycles. The molecule has 2 aliphatic heterocycles. The molecule has 43 heavy (non-hydrogen) atoms. The first-order chi connectivity index (χ1) is 20.8. The van der Waals surface area contributed by atoms with Crippen molar-refractivity contribution >= 4 is 40.9 Å². The van der Waals surface area contributed by atoms with Crippen molar-refractivity contribution < 1.29 is 24.2 Å². The summed E-state index contributed by atoms with van der Waals surface area (Å²) in [4.78, 5) is 56.1. The Morgan fingerprint density at radius 2 is 1.79 bits per heavy atom. The van der Waals surface area contributed by atoms with Crippen molar-refractivity contribution in [2.24, 2.45) is 29.6 Å². The minimum atomic E-state index is -0.826. The van der Waals surface area contributed by atoms with Crippen LogP contribution >= 0.6 is 23.1 Å². The second-order valence-electron chi connectivity index (χ2n) is 12.3. The van der Waals surface area contributed by atoms with Crippen molar-refractivity contribution in [2.45, 2.75) is 61.8 Å². The van der Waals surface area contributed by atoms with Crippen LogP contribution < -0.4 is 9.61 Å². The summed E-state index contributed by atoms with van der Waals surface area (Å²) in [7, 11) is 0. The number of likely N-dealkylation sites (tertiary alicyclic amines) is 1. The summed E-state index contributed by atoms with van der Waals surface area (Å²) >= 11 is 2.95. The number of thioether (sulfide) groups is 1. The molecule has 1 saturated heterocycles. The van der Waals surface area contributed by atoms with Crippen LogP contribution in [0, 0.1) is 36.5 Å². The smallest absolute Gasteiger partial charge is 0.305 e. The van der Waals surface area contributed by atoms with E-state index in [1.54, 1.807) is 11.8 Å². The van der Waals surface area contributed by atoms with Crippen LogP contribution in [0.2, 0.25) is 0 Å². The number of unbranched alkanes of at least 4 members (excludes halogenated alkanes) is 2. The van der Waals surface area contributed by atoms with E-state index in [-0.39, 0.29) is 63.9 Å². The molecule has 7 atom stereocenters. The van der Waals surface area contributed by atoms with Crippen LogP contribution in [-0.4, -0.2) is 44.6 Å². The minimum absolute atomic E-state index is 0.0278. The molecule has 3 fully saturated rings. The Labute approximate surface area is 257 Å². The molecule has 0 radical (unpaired) electrons. The average Bonchev–Trinajstić information content (AvgIpc) is 3.71. The van der Waals surface area contributed by atoms with E-state index >= 15 is 0 Å². The van der Waals surface area contributed by atoms with Crippen LogP contribution in [0.5, 0.6) is 5.75 Å². The van der Waals surface area contributed by atoms with Gasteiger partial charge in [-0.05, 0) is 67.2 Å². The van der Waals surface area contributed by atoms with Crippen molar-refractivity contribution in [3.8, 4) is 5.75 Å². The molecule has 6 unspecified atom stereocenters. The fourth-order valence-electron chi connectivity index (χ4n) is 8.14. The highest BCUT2D eigenvalue weighted by atomic mass is 32.2. The highest BCUT2D eigenvalue weighted by molar-refractivity contribution is 8.00. The Morgan fingerprint density at radius 3 is 2.53 bits per heavy atom. The van der Waals surface area contributed by atoms with Gasteiger partial charge in [0.25, 0.3) is 0 Å². The van der Waals surface area contributed by atoms with Gasteiger partial charge in [-0.1, -0.05) is 59.7 Å². The van der Waals surface area contributed by atoms with E-state index in [0.29, 0.717) is 32.4 Å². The third-order valence-corrected chi connectivity index (χ3v) is 12.4. The lowest BCUT2D eigenvalue weighted by Crippen LogP contribution is -2.42. The van der Waals surface area contributed by atoms with Crippen LogP contribution in [-0.2, 0) is 21.0 Å². The van der Waals surface area contributed by atoms with E-state index in [9.17, 15) is 19.2 Å². The van der Waals surface area contributed by atoms with Gasteiger partial charge in [0.1, 0.15) is 12.4 Å². The van der Waals surface area contributed by atoms with Crippen LogP contribution in [0.4, 0.5) is 0 Å². The lowest BCUT2D eigenvalue weighted by Gasteiger charge is -2.43. The Kier molecular flexibility index (Phi) is 7.45. The third kappa shape index (κ3) is 5.02. The number of aromatic nitrogens is 1. The molecule has 10 heteroatoms. The first-order valence-electron chi connectivity index (χ1n) is 15.0. The number of ether oxygens (including phenoxy) is 1. The molecule has 2 amide bonds. The van der Waals surface area contributed by atoms with Gasteiger partial charge >= 0.3 is 10.8 Å². The maximum atomic E-state index is 13.7. The van der Waals surface area contributed by atoms with Gasteiger partial charge in [0.05, 0.1) is 16.9 Å². The highest BCUT2D eigenvalue weighted by Crippen LogP contribution is 2.68. The number of thiazole rings is 1. The van der Waals surface area contributed by atoms with Gasteiger partial charge in [0.2, 0.25) is 11.8 Å². The highest BCUT2D eigenvalue weighted by Gasteiger charge is 2.69. The maximum absolute atomic E-state index is 13.7. The molecule has 0 spiro atoms. The largest absolute Gasteiger partial charge is 0.489 e. The standard InChI is InChI=1S/C33H34N2O6S2/c1-17-6-5-7-18(14-17)16-41-20-11-9-19(10-12-20)24-25-21-15-22(28(25)42-30-29(24)43-33(40)34-30)27-26(21)31(38)35(32(27)39)13-4-2-3-8-23(36)37/h5-7,9-12,14,21-22,24-28H,2-4,8,13,15-16H2,1H3,(H,34,40)(H,36,37)/t21?,22?,24-,25?,26?,27?,28?/m1/s1. The second kappa shape index (κ2) is 11.3. The van der Waals surface area contributed by atoms with E-state index < -0.39 is 5.97 Å². The average molecular weight is 619 g/mol. The van der Waals surface area contributed by atoms with E-state index in [2.05, 4.69) is 42.2 Å². The summed E-state index contributed by atoms with van der Waals surface area (Å²) in [6.45, 7) is 2.90. The first-order valence-corrected chi connectivity index (χ1v) is 16.7. The molecule has 2 saturated carbocycles. The number of imide groups is 1.